The molecule has 0 aromatic carbocycles. The van der Waals surface area contributed by atoms with Gasteiger partial charge in [0.1, 0.15) is 84.8 Å². The highest BCUT2D eigenvalue weighted by Crippen LogP contribution is 2.28. The Labute approximate surface area is 530 Å². The molecule has 4 rings (SSSR count). The molecule has 0 aromatic rings. The van der Waals surface area contributed by atoms with Crippen LogP contribution in [0.25, 0.3) is 0 Å². The van der Waals surface area contributed by atoms with Crippen LogP contribution >= 0.6 is 0 Å². The maximum atomic E-state index is 12.9. The van der Waals surface area contributed by atoms with Gasteiger partial charge in [-0.25, -0.2) is 0 Å². The van der Waals surface area contributed by atoms with E-state index >= 15 is 0 Å². The lowest BCUT2D eigenvalue weighted by molar-refractivity contribution is -0.347. The Kier molecular flexibility index (Phi) is 39.3. The van der Waals surface area contributed by atoms with E-state index in [0.29, 0.717) is 84.2 Å². The van der Waals surface area contributed by atoms with Crippen LogP contribution in [0.1, 0.15) is 103 Å². The molecule has 0 saturated carbocycles. The molecule has 0 spiro atoms. The molecule has 4 aliphatic rings. The van der Waals surface area contributed by atoms with Crippen molar-refractivity contribution in [2.75, 3.05) is 125 Å². The molecular formula is C58H104N6O27. The molecule has 33 nitrogen and oxygen atoms in total. The van der Waals surface area contributed by atoms with Crippen LogP contribution in [0.15, 0.2) is 0 Å². The third-order valence-corrected chi connectivity index (χ3v) is 15.3. The molecule has 11 unspecified atom stereocenters. The highest BCUT2D eigenvalue weighted by atomic mass is 16.8. The number of aliphatic hydroxyl groups excluding tert-OH is 11. The molecule has 2 bridgehead atoms. The van der Waals surface area contributed by atoms with Gasteiger partial charge >= 0.3 is 0 Å². The number of ketones is 2. The van der Waals surface area contributed by atoms with Crippen molar-refractivity contribution in [2.45, 2.75) is 202 Å². The van der Waals surface area contributed by atoms with E-state index in [4.69, 9.17) is 47.4 Å². The molecule has 17 N–H and O–H groups in total. The van der Waals surface area contributed by atoms with E-state index in [2.05, 4.69) is 31.9 Å². The van der Waals surface area contributed by atoms with Crippen molar-refractivity contribution >= 4 is 35.2 Å². The Morgan fingerprint density at radius 3 is 1.70 bits per heavy atom. The van der Waals surface area contributed by atoms with E-state index in [1.165, 1.54) is 0 Å². The van der Waals surface area contributed by atoms with Gasteiger partial charge in [0.15, 0.2) is 25.2 Å². The van der Waals surface area contributed by atoms with E-state index in [1.807, 2.05) is 6.92 Å². The van der Waals surface area contributed by atoms with Gasteiger partial charge in [-0.1, -0.05) is 6.92 Å². The van der Waals surface area contributed by atoms with E-state index in [-0.39, 0.29) is 153 Å². The number of fused-ring (bicyclic) bond motifs is 2. The van der Waals surface area contributed by atoms with Gasteiger partial charge in [-0.2, -0.15) is 0 Å². The summed E-state index contributed by atoms with van der Waals surface area (Å²) in [7, 11) is 0. The number of aliphatic hydroxyl groups is 11. The Hall–Kier alpha value is -3.70. The summed E-state index contributed by atoms with van der Waals surface area (Å²) in [5.74, 6) is -1.25. The Bertz CT molecular complexity index is 2080. The molecule has 91 heavy (non-hydrogen) atoms. The van der Waals surface area contributed by atoms with Gasteiger partial charge in [0, 0.05) is 83.3 Å². The predicted octanol–water partition coefficient (Wildman–Crippen LogP) is -6.51. The topological polar surface area (TPSA) is 489 Å². The Morgan fingerprint density at radius 1 is 0.560 bits per heavy atom. The zero-order chi connectivity index (χ0) is 66.6. The first kappa shape index (κ1) is 79.7. The van der Waals surface area contributed by atoms with E-state index in [1.54, 1.807) is 0 Å². The highest BCUT2D eigenvalue weighted by Gasteiger charge is 2.47. The normalized spacial score (nSPS) is 34.3. The first-order valence-corrected chi connectivity index (χ1v) is 31.7. The van der Waals surface area contributed by atoms with Crippen LogP contribution in [0.2, 0.25) is 0 Å². The monoisotopic (exact) mass is 1320 g/mol. The minimum atomic E-state index is -1.79. The summed E-state index contributed by atoms with van der Waals surface area (Å²) in [5.41, 5.74) is -0.754. The van der Waals surface area contributed by atoms with Crippen molar-refractivity contribution in [3.8, 4) is 0 Å². The number of nitrogens with one attached hydrogen (secondary N) is 6. The zero-order valence-corrected chi connectivity index (χ0v) is 52.2. The number of ether oxygens (including phenoxy) is 10. The van der Waals surface area contributed by atoms with Gasteiger partial charge in [0.2, 0.25) is 23.6 Å². The second-order valence-corrected chi connectivity index (χ2v) is 23.5. The lowest BCUT2D eigenvalue weighted by Crippen LogP contribution is -2.60. The molecule has 4 amide bonds. The fraction of sp³-hybridized carbons (Fsp3) is 0.897. The van der Waals surface area contributed by atoms with Gasteiger partial charge in [-0.3, -0.25) is 28.8 Å². The minimum absolute atomic E-state index is 0.0131. The Balaban J connectivity index is 1.21. The van der Waals surface area contributed by atoms with Crippen molar-refractivity contribution < 1.29 is 132 Å². The maximum Gasteiger partial charge on any atom is 0.222 e. The van der Waals surface area contributed by atoms with Crippen LogP contribution in [-0.2, 0) is 76.1 Å². The van der Waals surface area contributed by atoms with Crippen LogP contribution in [0.4, 0.5) is 0 Å². The quantitative estimate of drug-likeness (QED) is 0.0535. The molecule has 0 radical (unpaired) electrons. The molecule has 17 atom stereocenters. The fourth-order valence-electron chi connectivity index (χ4n) is 9.78. The summed E-state index contributed by atoms with van der Waals surface area (Å²) in [6.45, 7) is 2.89. The zero-order valence-electron chi connectivity index (χ0n) is 52.2. The molecule has 33 heteroatoms. The fourth-order valence-corrected chi connectivity index (χ4v) is 9.78. The number of rotatable bonds is 19. The van der Waals surface area contributed by atoms with Gasteiger partial charge in [-0.15, -0.1) is 0 Å². The molecule has 0 aromatic heterocycles. The number of hydrogen-bond acceptors (Lipinski definition) is 29. The lowest BCUT2D eigenvalue weighted by atomic mass is 9.94. The predicted molar refractivity (Wildman–Crippen MR) is 315 cm³/mol. The molecule has 0 aliphatic carbocycles. The smallest absolute Gasteiger partial charge is 0.222 e. The number of carbonyl (C=O) groups excluding carboxylic acids is 6. The molecule has 4 saturated heterocycles. The third kappa shape index (κ3) is 30.7. The first-order chi connectivity index (χ1) is 43.7. The summed E-state index contributed by atoms with van der Waals surface area (Å²) in [6.07, 6.45) is -20.2. The van der Waals surface area contributed by atoms with Gasteiger partial charge in [-0.05, 0) is 70.9 Å². The largest absolute Gasteiger partial charge is 0.394 e. The summed E-state index contributed by atoms with van der Waals surface area (Å²) in [5, 5.41) is 130. The Morgan fingerprint density at radius 2 is 1.11 bits per heavy atom. The summed E-state index contributed by atoms with van der Waals surface area (Å²) in [4.78, 5) is 75.8. The van der Waals surface area contributed by atoms with Crippen molar-refractivity contribution in [2.24, 2.45) is 5.41 Å². The minimum Gasteiger partial charge on any atom is -0.394 e. The SMILES string of the molecule is CC1(COCCC(=O)NCCCNC(=O)CCCCO[C@H]2OC(CO)[C@@H](O)C(O)C2O)COCCC(=O)NCCCNCC(=O)CCCCO[C@H]2OC(COC(O[C@H]3OC(CO)[C@@H](O)C(O)C3O)CCCC(=O)CNCCCNC(=O)CCOC1)[C@@H](O)C(O)C2O. The van der Waals surface area contributed by atoms with Gasteiger partial charge < -0.3 is 135 Å². The van der Waals surface area contributed by atoms with Crippen LogP contribution in [0.5, 0.6) is 0 Å². The second-order valence-electron chi connectivity index (χ2n) is 23.5. The number of amides is 4. The van der Waals surface area contributed by atoms with Crippen molar-refractivity contribution in [3.63, 3.8) is 0 Å². The lowest BCUT2D eigenvalue weighted by Gasteiger charge is -2.42. The van der Waals surface area contributed by atoms with Crippen LogP contribution in [0, 0.1) is 5.41 Å². The summed E-state index contributed by atoms with van der Waals surface area (Å²) < 4.78 is 57.3. The molecule has 4 fully saturated rings. The van der Waals surface area contributed by atoms with E-state index in [0.717, 1.165) is 0 Å². The van der Waals surface area contributed by atoms with Crippen LogP contribution in [-0.4, -0.2) is 315 Å². The number of carbonyl (C=O) groups is 6. The van der Waals surface area contributed by atoms with E-state index < -0.39 is 124 Å². The standard InChI is InChI=1S/C58H104N6O27/c1-58(35-84-27-16-44(72)64-22-9-21-61-41(69)12-3-5-24-85-55-52(79)49(76)46(73)38(30-65)88-55)33-82-25-14-42(70)62-19-7-17-59-28-36(67)10-2-4-23-86-56-53(80)51(78)48(75)40(90-56)32-87-45(91-57-54(81)50(77)47(74)39(31-66)89-57)13-6-11-37(68)29-60-18-8-20-63-43(71)15-26-83-34-58/h38-40,45-57,59-60,65-66,73-81H,2-35H2,1H3,(H,61,69)(H,62,70)(H,63,71)(H,64,72)/t38?,39?,40?,45?,46-,47-,48-,49?,50?,51?,52?,53?,54?,55+,56+,57-,58?/m1/s1. The maximum absolute atomic E-state index is 12.9. The van der Waals surface area contributed by atoms with E-state index in [9.17, 15) is 84.9 Å². The first-order valence-electron chi connectivity index (χ1n) is 31.7. The van der Waals surface area contributed by atoms with Crippen LogP contribution < -0.4 is 31.9 Å². The van der Waals surface area contributed by atoms with Crippen molar-refractivity contribution in [1.82, 2.24) is 31.9 Å². The number of unbranched alkanes of at least 4 members (excludes halogenated alkanes) is 1. The average molecular weight is 1320 g/mol. The number of hydrogen-bond donors (Lipinski definition) is 17. The van der Waals surface area contributed by atoms with Crippen LogP contribution in [0.3, 0.4) is 0 Å². The van der Waals surface area contributed by atoms with Crippen molar-refractivity contribution in [1.29, 1.82) is 0 Å². The van der Waals surface area contributed by atoms with Crippen molar-refractivity contribution in [3.05, 3.63) is 0 Å². The second kappa shape index (κ2) is 44.9. The summed E-state index contributed by atoms with van der Waals surface area (Å²) in [6, 6.07) is 0. The molecular weight excluding hydrogens is 1210 g/mol. The summed E-state index contributed by atoms with van der Waals surface area (Å²) >= 11 is 0. The van der Waals surface area contributed by atoms with Gasteiger partial charge in [0.25, 0.3) is 0 Å². The van der Waals surface area contributed by atoms with Gasteiger partial charge in [0.05, 0.1) is 72.6 Å². The molecule has 4 aliphatic heterocycles. The molecule has 528 valence electrons. The third-order valence-electron chi connectivity index (χ3n) is 15.3. The average Bonchev–Trinajstić information content (AvgIpc) is 1.16. The highest BCUT2D eigenvalue weighted by molar-refractivity contribution is 5.81. The number of Topliss-reactive ketones (excluding diaryl/α,β-unsaturated/α-hetero) is 2. The molecule has 4 heterocycles.